The summed E-state index contributed by atoms with van der Waals surface area (Å²) in [7, 11) is 0. The lowest BCUT2D eigenvalue weighted by Gasteiger charge is -2.12. The molecule has 1 aromatic rings. The molecule has 0 saturated heterocycles. The van der Waals surface area contributed by atoms with E-state index < -0.39 is 0 Å². The Labute approximate surface area is 91.5 Å². The summed E-state index contributed by atoms with van der Waals surface area (Å²) in [5.74, 6) is 0.551. The second kappa shape index (κ2) is 5.35. The van der Waals surface area contributed by atoms with E-state index in [0.717, 1.165) is 18.5 Å². The summed E-state index contributed by atoms with van der Waals surface area (Å²) in [5, 5.41) is 0.274. The maximum absolute atomic E-state index is 6.18. The molecule has 1 atom stereocenters. The molecule has 0 radical (unpaired) electrons. The van der Waals surface area contributed by atoms with Crippen LogP contribution in [-0.2, 0) is 6.42 Å². The molecule has 1 heterocycles. The molecule has 0 fully saturated rings. The quantitative estimate of drug-likeness (QED) is 0.694. The number of aromatic nitrogens is 1. The van der Waals surface area contributed by atoms with Gasteiger partial charge >= 0.3 is 0 Å². The maximum atomic E-state index is 6.18. The second-order valence-electron chi connectivity index (χ2n) is 4.11. The molecule has 0 aromatic carbocycles. The van der Waals surface area contributed by atoms with Gasteiger partial charge in [-0.15, -0.1) is 11.6 Å². The number of hydrogen-bond acceptors (Lipinski definition) is 1. The minimum atomic E-state index is 0.274. The minimum absolute atomic E-state index is 0.274. The van der Waals surface area contributed by atoms with Gasteiger partial charge in [0, 0.05) is 17.3 Å². The Morgan fingerprint density at radius 2 is 2.07 bits per heavy atom. The van der Waals surface area contributed by atoms with Gasteiger partial charge in [0.15, 0.2) is 0 Å². The maximum Gasteiger partial charge on any atom is 0.0372 e. The summed E-state index contributed by atoms with van der Waals surface area (Å²) in [6, 6.07) is 4.18. The molecular formula is C12H18ClN. The van der Waals surface area contributed by atoms with Crippen molar-refractivity contribution < 1.29 is 0 Å². The normalized spacial score (nSPS) is 13.2. The van der Waals surface area contributed by atoms with E-state index >= 15 is 0 Å². The van der Waals surface area contributed by atoms with Gasteiger partial charge in [0.1, 0.15) is 0 Å². The highest BCUT2D eigenvalue weighted by molar-refractivity contribution is 6.20. The summed E-state index contributed by atoms with van der Waals surface area (Å²) < 4.78 is 0. The van der Waals surface area contributed by atoms with Gasteiger partial charge in [-0.05, 0) is 37.3 Å². The van der Waals surface area contributed by atoms with E-state index in [0.29, 0.717) is 5.92 Å². The van der Waals surface area contributed by atoms with E-state index in [1.54, 1.807) is 0 Å². The van der Waals surface area contributed by atoms with Crippen LogP contribution in [0.2, 0.25) is 0 Å². The van der Waals surface area contributed by atoms with E-state index in [-0.39, 0.29) is 5.38 Å². The number of rotatable bonds is 4. The average molecular weight is 212 g/mol. The lowest BCUT2D eigenvalue weighted by molar-refractivity contribution is 0.565. The van der Waals surface area contributed by atoms with Crippen molar-refractivity contribution in [3.8, 4) is 0 Å². The predicted molar refractivity (Wildman–Crippen MR) is 61.8 cm³/mol. The van der Waals surface area contributed by atoms with Crippen molar-refractivity contribution in [3.05, 3.63) is 29.6 Å². The third-order valence-corrected chi connectivity index (χ3v) is 3.13. The molecule has 0 bridgehead atoms. The van der Waals surface area contributed by atoms with Gasteiger partial charge in [-0.25, -0.2) is 0 Å². The molecule has 1 rings (SSSR count). The molecule has 1 aromatic heterocycles. The zero-order valence-corrected chi connectivity index (χ0v) is 9.88. The van der Waals surface area contributed by atoms with Crippen LogP contribution < -0.4 is 0 Å². The molecular weight excluding hydrogens is 194 g/mol. The molecule has 0 N–H and O–H groups in total. The summed E-state index contributed by atoms with van der Waals surface area (Å²) >= 11 is 6.18. The Morgan fingerprint density at radius 3 is 2.57 bits per heavy atom. The van der Waals surface area contributed by atoms with Crippen LogP contribution in [-0.4, -0.2) is 10.4 Å². The molecule has 78 valence electrons. The van der Waals surface area contributed by atoms with Crippen LogP contribution in [0, 0.1) is 12.8 Å². The van der Waals surface area contributed by atoms with Crippen molar-refractivity contribution >= 4 is 11.6 Å². The van der Waals surface area contributed by atoms with Gasteiger partial charge in [-0.3, -0.25) is 4.98 Å². The van der Waals surface area contributed by atoms with Crippen molar-refractivity contribution in [2.45, 2.75) is 39.0 Å². The first-order valence-electron chi connectivity index (χ1n) is 5.15. The van der Waals surface area contributed by atoms with Gasteiger partial charge in [-0.1, -0.05) is 19.9 Å². The van der Waals surface area contributed by atoms with Crippen LogP contribution >= 0.6 is 11.6 Å². The van der Waals surface area contributed by atoms with Crippen LogP contribution in [0.15, 0.2) is 18.3 Å². The first-order chi connectivity index (χ1) is 6.59. The number of hydrogen-bond donors (Lipinski definition) is 0. The Morgan fingerprint density at radius 1 is 1.36 bits per heavy atom. The Bertz CT molecular complexity index is 266. The van der Waals surface area contributed by atoms with E-state index in [1.807, 2.05) is 19.2 Å². The highest BCUT2D eigenvalue weighted by Crippen LogP contribution is 2.16. The number of halogens is 1. The number of alkyl halides is 1. The zero-order valence-electron chi connectivity index (χ0n) is 9.13. The predicted octanol–water partition coefficient (Wildman–Crippen LogP) is 3.59. The average Bonchev–Trinajstić information content (AvgIpc) is 2.16. The van der Waals surface area contributed by atoms with Crippen LogP contribution in [0.1, 0.15) is 31.5 Å². The number of pyridine rings is 1. The fourth-order valence-corrected chi connectivity index (χ4v) is 1.39. The van der Waals surface area contributed by atoms with Crippen LogP contribution in [0.5, 0.6) is 0 Å². The molecule has 0 aliphatic rings. The Kier molecular flexibility index (Phi) is 4.40. The standard InChI is InChI=1S/C12H18ClN/c1-9(2)12(13)7-6-11-5-4-10(3)14-8-11/h4-5,8-9,12H,6-7H2,1-3H3. The largest absolute Gasteiger partial charge is 0.261 e. The minimum Gasteiger partial charge on any atom is -0.261 e. The van der Waals surface area contributed by atoms with E-state index in [2.05, 4.69) is 24.9 Å². The Hall–Kier alpha value is -0.560. The SMILES string of the molecule is Cc1ccc(CCC(Cl)C(C)C)cn1. The fraction of sp³-hybridized carbons (Fsp3) is 0.583. The van der Waals surface area contributed by atoms with E-state index in [1.165, 1.54) is 5.56 Å². The Balaban J connectivity index is 2.42. The highest BCUT2D eigenvalue weighted by Gasteiger charge is 2.09. The van der Waals surface area contributed by atoms with Crippen LogP contribution in [0.4, 0.5) is 0 Å². The van der Waals surface area contributed by atoms with Gasteiger partial charge in [-0.2, -0.15) is 0 Å². The van der Waals surface area contributed by atoms with E-state index in [9.17, 15) is 0 Å². The zero-order chi connectivity index (χ0) is 10.6. The highest BCUT2D eigenvalue weighted by atomic mass is 35.5. The molecule has 1 nitrogen and oxygen atoms in total. The fourth-order valence-electron chi connectivity index (χ4n) is 1.28. The first-order valence-corrected chi connectivity index (χ1v) is 5.59. The third-order valence-electron chi connectivity index (χ3n) is 2.40. The molecule has 0 saturated carbocycles. The molecule has 0 amide bonds. The van der Waals surface area contributed by atoms with Gasteiger partial charge in [0.25, 0.3) is 0 Å². The van der Waals surface area contributed by atoms with Crippen LogP contribution in [0.3, 0.4) is 0 Å². The summed E-state index contributed by atoms with van der Waals surface area (Å²) in [6.07, 6.45) is 4.00. The number of nitrogens with zero attached hydrogens (tertiary/aromatic N) is 1. The molecule has 0 aliphatic carbocycles. The van der Waals surface area contributed by atoms with E-state index in [4.69, 9.17) is 11.6 Å². The molecule has 2 heteroatoms. The van der Waals surface area contributed by atoms with Gasteiger partial charge in [0.05, 0.1) is 0 Å². The molecule has 1 unspecified atom stereocenters. The van der Waals surface area contributed by atoms with Gasteiger partial charge in [0.2, 0.25) is 0 Å². The first kappa shape index (κ1) is 11.5. The van der Waals surface area contributed by atoms with Crippen molar-refractivity contribution in [3.63, 3.8) is 0 Å². The molecule has 14 heavy (non-hydrogen) atoms. The van der Waals surface area contributed by atoms with Crippen molar-refractivity contribution in [2.24, 2.45) is 5.92 Å². The molecule has 0 spiro atoms. The lowest BCUT2D eigenvalue weighted by atomic mass is 10.0. The van der Waals surface area contributed by atoms with Gasteiger partial charge < -0.3 is 0 Å². The van der Waals surface area contributed by atoms with Crippen molar-refractivity contribution in [1.29, 1.82) is 0 Å². The summed E-state index contributed by atoms with van der Waals surface area (Å²) in [4.78, 5) is 4.26. The smallest absolute Gasteiger partial charge is 0.0372 e. The van der Waals surface area contributed by atoms with Crippen LogP contribution in [0.25, 0.3) is 0 Å². The van der Waals surface area contributed by atoms with Crippen molar-refractivity contribution in [2.75, 3.05) is 0 Å². The summed E-state index contributed by atoms with van der Waals surface area (Å²) in [5.41, 5.74) is 2.35. The number of aryl methyl sites for hydroxylation is 2. The lowest BCUT2D eigenvalue weighted by Crippen LogP contribution is -2.08. The third kappa shape index (κ3) is 3.67. The topological polar surface area (TPSA) is 12.9 Å². The monoisotopic (exact) mass is 211 g/mol. The summed E-state index contributed by atoms with van der Waals surface area (Å²) in [6.45, 7) is 6.32. The molecule has 0 aliphatic heterocycles. The van der Waals surface area contributed by atoms with Crippen molar-refractivity contribution in [1.82, 2.24) is 4.98 Å². The second-order valence-corrected chi connectivity index (χ2v) is 4.67.